The highest BCUT2D eigenvalue weighted by Gasteiger charge is 2.09. The summed E-state index contributed by atoms with van der Waals surface area (Å²) in [6.45, 7) is 5.32. The lowest BCUT2D eigenvalue weighted by Gasteiger charge is -2.09. The summed E-state index contributed by atoms with van der Waals surface area (Å²) in [4.78, 5) is 16.4. The number of carbonyl (C=O) groups is 1. The summed E-state index contributed by atoms with van der Waals surface area (Å²) in [5.74, 6) is -0.213. The summed E-state index contributed by atoms with van der Waals surface area (Å²) >= 11 is 0. The number of carbonyl (C=O) groups excluding carboxylic acids is 1. The zero-order valence-electron chi connectivity index (χ0n) is 13.1. The maximum absolute atomic E-state index is 12.2. The number of anilines is 2. The second-order valence-corrected chi connectivity index (χ2v) is 5.12. The Labute approximate surface area is 130 Å². The first-order chi connectivity index (χ1) is 10.6. The number of hydrogen-bond donors (Lipinski definition) is 2. The first-order valence-electron chi connectivity index (χ1n) is 7.17. The van der Waals surface area contributed by atoms with Crippen molar-refractivity contribution in [3.8, 4) is 0 Å². The number of methoxy groups -OCH3 is 1. The SMILES string of the molecule is COCCNc1ccc(C(=O)Nc2ccc(C)cc2C)nc1. The molecular weight excluding hydrogens is 278 g/mol. The average molecular weight is 299 g/mol. The summed E-state index contributed by atoms with van der Waals surface area (Å²) < 4.78 is 4.96. The third kappa shape index (κ3) is 4.30. The number of nitrogens with one attached hydrogen (secondary N) is 2. The van der Waals surface area contributed by atoms with E-state index in [1.54, 1.807) is 19.4 Å². The molecule has 0 aliphatic carbocycles. The zero-order chi connectivity index (χ0) is 15.9. The minimum Gasteiger partial charge on any atom is -0.383 e. The van der Waals surface area contributed by atoms with Gasteiger partial charge in [-0.3, -0.25) is 4.79 Å². The Balaban J connectivity index is 2.00. The Hall–Kier alpha value is -2.40. The van der Waals surface area contributed by atoms with E-state index >= 15 is 0 Å². The molecular formula is C17H21N3O2. The summed E-state index contributed by atoms with van der Waals surface area (Å²) in [6.07, 6.45) is 1.65. The van der Waals surface area contributed by atoms with E-state index in [-0.39, 0.29) is 5.91 Å². The first kappa shape index (κ1) is 16.0. The van der Waals surface area contributed by atoms with Gasteiger partial charge in [-0.1, -0.05) is 17.7 Å². The lowest BCUT2D eigenvalue weighted by molar-refractivity contribution is 0.102. The Bertz CT molecular complexity index is 639. The van der Waals surface area contributed by atoms with Gasteiger partial charge >= 0.3 is 0 Å². The van der Waals surface area contributed by atoms with Gasteiger partial charge in [-0.2, -0.15) is 0 Å². The number of pyridine rings is 1. The molecule has 1 aromatic carbocycles. The van der Waals surface area contributed by atoms with Crippen molar-refractivity contribution >= 4 is 17.3 Å². The standard InChI is InChI=1S/C17H21N3O2/c1-12-4-6-15(13(2)10-12)20-17(21)16-7-5-14(11-19-16)18-8-9-22-3/h4-7,10-11,18H,8-9H2,1-3H3,(H,20,21). The van der Waals surface area contributed by atoms with E-state index in [0.29, 0.717) is 18.8 Å². The molecule has 0 fully saturated rings. The molecule has 0 atom stereocenters. The van der Waals surface area contributed by atoms with E-state index in [9.17, 15) is 4.79 Å². The van der Waals surface area contributed by atoms with Crippen LogP contribution >= 0.6 is 0 Å². The molecule has 1 heterocycles. The third-order valence-corrected chi connectivity index (χ3v) is 3.26. The van der Waals surface area contributed by atoms with Gasteiger partial charge in [-0.15, -0.1) is 0 Å². The van der Waals surface area contributed by atoms with Crippen molar-refractivity contribution in [2.75, 3.05) is 30.9 Å². The van der Waals surface area contributed by atoms with E-state index in [4.69, 9.17) is 4.74 Å². The Morgan fingerprint density at radius 1 is 1.23 bits per heavy atom. The predicted molar refractivity (Wildman–Crippen MR) is 88.5 cm³/mol. The highest BCUT2D eigenvalue weighted by atomic mass is 16.5. The molecule has 0 spiro atoms. The largest absolute Gasteiger partial charge is 0.383 e. The van der Waals surface area contributed by atoms with E-state index in [1.807, 2.05) is 38.1 Å². The van der Waals surface area contributed by atoms with Gasteiger partial charge in [-0.25, -0.2) is 4.98 Å². The molecule has 116 valence electrons. The van der Waals surface area contributed by atoms with Crippen LogP contribution in [0.3, 0.4) is 0 Å². The molecule has 0 aliphatic heterocycles. The number of aromatic nitrogens is 1. The third-order valence-electron chi connectivity index (χ3n) is 3.26. The Kier molecular flexibility index (Phi) is 5.49. The van der Waals surface area contributed by atoms with Gasteiger partial charge < -0.3 is 15.4 Å². The first-order valence-corrected chi connectivity index (χ1v) is 7.17. The molecule has 0 radical (unpaired) electrons. The van der Waals surface area contributed by atoms with Gasteiger partial charge in [0.1, 0.15) is 5.69 Å². The molecule has 0 bridgehead atoms. The maximum atomic E-state index is 12.2. The second-order valence-electron chi connectivity index (χ2n) is 5.12. The van der Waals surface area contributed by atoms with Gasteiger partial charge in [0.25, 0.3) is 5.91 Å². The predicted octanol–water partition coefficient (Wildman–Crippen LogP) is 3.01. The van der Waals surface area contributed by atoms with Crippen LogP contribution in [0.25, 0.3) is 0 Å². The van der Waals surface area contributed by atoms with E-state index in [0.717, 1.165) is 16.9 Å². The molecule has 5 heteroatoms. The monoisotopic (exact) mass is 299 g/mol. The van der Waals surface area contributed by atoms with Gasteiger partial charge in [0, 0.05) is 19.3 Å². The van der Waals surface area contributed by atoms with Gasteiger partial charge in [0.15, 0.2) is 0 Å². The molecule has 0 aliphatic rings. The smallest absolute Gasteiger partial charge is 0.274 e. The van der Waals surface area contributed by atoms with E-state index < -0.39 is 0 Å². The van der Waals surface area contributed by atoms with Crippen LogP contribution in [0.1, 0.15) is 21.6 Å². The molecule has 0 unspecified atom stereocenters. The topological polar surface area (TPSA) is 63.2 Å². The van der Waals surface area contributed by atoms with Crippen LogP contribution in [0.15, 0.2) is 36.5 Å². The highest BCUT2D eigenvalue weighted by molar-refractivity contribution is 6.03. The number of amides is 1. The molecule has 2 rings (SSSR count). The van der Waals surface area contributed by atoms with Crippen molar-refractivity contribution in [1.82, 2.24) is 4.98 Å². The summed E-state index contributed by atoms with van der Waals surface area (Å²) in [5, 5.41) is 6.04. The van der Waals surface area contributed by atoms with Crippen LogP contribution < -0.4 is 10.6 Å². The summed E-state index contributed by atoms with van der Waals surface area (Å²) in [6, 6.07) is 9.45. The molecule has 1 aromatic heterocycles. The Morgan fingerprint density at radius 2 is 2.05 bits per heavy atom. The number of benzene rings is 1. The summed E-state index contributed by atoms with van der Waals surface area (Å²) in [5.41, 5.74) is 4.25. The van der Waals surface area contributed by atoms with Gasteiger partial charge in [0.05, 0.1) is 18.5 Å². The molecule has 1 amide bonds. The van der Waals surface area contributed by atoms with Crippen LogP contribution in [0.4, 0.5) is 11.4 Å². The fourth-order valence-corrected chi connectivity index (χ4v) is 2.07. The molecule has 0 saturated heterocycles. The fraction of sp³-hybridized carbons (Fsp3) is 0.294. The number of aryl methyl sites for hydroxylation is 2. The normalized spacial score (nSPS) is 10.3. The Morgan fingerprint density at radius 3 is 2.68 bits per heavy atom. The van der Waals surface area contributed by atoms with Crippen LogP contribution in [-0.4, -0.2) is 31.2 Å². The average Bonchev–Trinajstić information content (AvgIpc) is 2.51. The number of nitrogens with zero attached hydrogens (tertiary/aromatic N) is 1. The number of rotatable bonds is 6. The molecule has 2 N–H and O–H groups in total. The highest BCUT2D eigenvalue weighted by Crippen LogP contribution is 2.17. The van der Waals surface area contributed by atoms with Crippen LogP contribution in [0, 0.1) is 13.8 Å². The number of hydrogen-bond acceptors (Lipinski definition) is 4. The lowest BCUT2D eigenvalue weighted by atomic mass is 10.1. The fourth-order valence-electron chi connectivity index (χ4n) is 2.07. The second kappa shape index (κ2) is 7.56. The molecule has 2 aromatic rings. The van der Waals surface area contributed by atoms with E-state index in [2.05, 4.69) is 15.6 Å². The lowest BCUT2D eigenvalue weighted by Crippen LogP contribution is -2.15. The quantitative estimate of drug-likeness (QED) is 0.805. The van der Waals surface area contributed by atoms with Gasteiger partial charge in [0.2, 0.25) is 0 Å². The van der Waals surface area contributed by atoms with Gasteiger partial charge in [-0.05, 0) is 37.6 Å². The molecule has 5 nitrogen and oxygen atoms in total. The zero-order valence-corrected chi connectivity index (χ0v) is 13.1. The molecule has 0 saturated carbocycles. The van der Waals surface area contributed by atoms with Crippen LogP contribution in [-0.2, 0) is 4.74 Å². The van der Waals surface area contributed by atoms with Crippen LogP contribution in [0.5, 0.6) is 0 Å². The van der Waals surface area contributed by atoms with Crippen molar-refractivity contribution in [3.63, 3.8) is 0 Å². The molecule has 22 heavy (non-hydrogen) atoms. The van der Waals surface area contributed by atoms with Crippen molar-refractivity contribution < 1.29 is 9.53 Å². The van der Waals surface area contributed by atoms with Crippen molar-refractivity contribution in [3.05, 3.63) is 53.3 Å². The number of ether oxygens (including phenoxy) is 1. The van der Waals surface area contributed by atoms with E-state index in [1.165, 1.54) is 5.56 Å². The van der Waals surface area contributed by atoms with Crippen molar-refractivity contribution in [2.45, 2.75) is 13.8 Å². The minimum atomic E-state index is -0.213. The van der Waals surface area contributed by atoms with Crippen molar-refractivity contribution in [2.24, 2.45) is 0 Å². The van der Waals surface area contributed by atoms with Crippen LogP contribution in [0.2, 0.25) is 0 Å². The van der Waals surface area contributed by atoms with Crippen molar-refractivity contribution in [1.29, 1.82) is 0 Å². The maximum Gasteiger partial charge on any atom is 0.274 e. The summed E-state index contributed by atoms with van der Waals surface area (Å²) in [7, 11) is 1.65. The minimum absolute atomic E-state index is 0.213.